The first kappa shape index (κ1) is 29.0. The van der Waals surface area contributed by atoms with Crippen LogP contribution in [0.3, 0.4) is 0 Å². The van der Waals surface area contributed by atoms with Crippen LogP contribution in [0.25, 0.3) is 10.8 Å². The van der Waals surface area contributed by atoms with Crippen LogP contribution in [0.2, 0.25) is 0 Å². The molecule has 10 nitrogen and oxygen atoms in total. The van der Waals surface area contributed by atoms with Crippen LogP contribution in [-0.4, -0.2) is 32.0 Å². The molecule has 11 heteroatoms. The van der Waals surface area contributed by atoms with E-state index in [4.69, 9.17) is 4.74 Å². The Morgan fingerprint density at radius 1 is 0.884 bits per heavy atom. The third kappa shape index (κ3) is 7.03. The number of nitrogens with zero attached hydrogens (tertiary/aromatic N) is 3. The lowest BCUT2D eigenvalue weighted by Gasteiger charge is -2.23. The molecule has 0 aromatic heterocycles. The molecule has 0 spiro atoms. The highest BCUT2D eigenvalue weighted by molar-refractivity contribution is 7.92. The molecule has 0 heterocycles. The van der Waals surface area contributed by atoms with E-state index in [2.05, 4.69) is 28.7 Å². The molecular weight excluding hydrogens is 568 g/mol. The summed E-state index contributed by atoms with van der Waals surface area (Å²) in [7, 11) is -4.23. The molecule has 0 aliphatic rings. The molecule has 43 heavy (non-hydrogen) atoms. The van der Waals surface area contributed by atoms with Crippen LogP contribution in [-0.2, 0) is 21.4 Å². The second kappa shape index (κ2) is 13.0. The number of ether oxygens (including phenoxy) is 1. The smallest absolute Gasteiger partial charge is 0.271 e. The Kier molecular flexibility index (Phi) is 8.73. The zero-order valence-corrected chi connectivity index (χ0v) is 23.6. The van der Waals surface area contributed by atoms with E-state index in [1.165, 1.54) is 36.5 Å². The second-order valence-corrected chi connectivity index (χ2v) is 11.3. The Balaban J connectivity index is 1.24. The first-order chi connectivity index (χ1) is 20.8. The van der Waals surface area contributed by atoms with Crippen molar-refractivity contribution in [3.8, 4) is 5.75 Å². The minimum atomic E-state index is -4.23. The molecule has 5 aromatic rings. The summed E-state index contributed by atoms with van der Waals surface area (Å²) in [4.78, 5) is 23.4. The predicted molar refractivity (Wildman–Crippen MR) is 165 cm³/mol. The van der Waals surface area contributed by atoms with Gasteiger partial charge in [-0.3, -0.25) is 19.2 Å². The van der Waals surface area contributed by atoms with Crippen LogP contribution in [0, 0.1) is 10.1 Å². The van der Waals surface area contributed by atoms with E-state index in [-0.39, 0.29) is 16.3 Å². The number of non-ortho nitro benzene ring substituents is 1. The summed E-state index contributed by atoms with van der Waals surface area (Å²) in [5, 5.41) is 17.5. The Bertz CT molecular complexity index is 1890. The Morgan fingerprint density at radius 3 is 2.35 bits per heavy atom. The van der Waals surface area contributed by atoms with Crippen LogP contribution >= 0.6 is 0 Å². The summed E-state index contributed by atoms with van der Waals surface area (Å²) in [5.74, 6) is -0.0786. The number of rotatable bonds is 11. The zero-order chi connectivity index (χ0) is 30.2. The van der Waals surface area contributed by atoms with Gasteiger partial charge in [-0.15, -0.1) is 0 Å². The number of anilines is 1. The van der Waals surface area contributed by atoms with Crippen LogP contribution < -0.4 is 14.5 Å². The normalized spacial score (nSPS) is 11.3. The SMILES string of the molecule is O=C(CN(c1cccc([N+](=O)[O-])c1)S(=O)(=O)c1ccccc1)NN=Cc1ccc(OCc2cccc3ccccc23)cc1. The second-order valence-electron chi connectivity index (χ2n) is 9.39. The first-order valence-electron chi connectivity index (χ1n) is 13.1. The quantitative estimate of drug-likeness (QED) is 0.119. The van der Waals surface area contributed by atoms with Gasteiger partial charge in [-0.05, 0) is 64.4 Å². The lowest BCUT2D eigenvalue weighted by Crippen LogP contribution is -2.39. The molecule has 0 aliphatic carbocycles. The molecule has 1 amide bonds. The number of nitro benzene ring substituents is 1. The van der Waals surface area contributed by atoms with E-state index in [1.807, 2.05) is 24.3 Å². The number of nitrogens with one attached hydrogen (secondary N) is 1. The van der Waals surface area contributed by atoms with Crippen molar-refractivity contribution in [1.82, 2.24) is 5.43 Å². The lowest BCUT2D eigenvalue weighted by molar-refractivity contribution is -0.384. The van der Waals surface area contributed by atoms with Gasteiger partial charge in [0.2, 0.25) is 0 Å². The summed E-state index contributed by atoms with van der Waals surface area (Å²) < 4.78 is 33.6. The van der Waals surface area contributed by atoms with E-state index in [0.29, 0.717) is 17.9 Å². The molecule has 0 atom stereocenters. The monoisotopic (exact) mass is 594 g/mol. The minimum Gasteiger partial charge on any atom is -0.489 e. The fraction of sp³-hybridized carbons (Fsp3) is 0.0625. The molecule has 0 saturated heterocycles. The van der Waals surface area contributed by atoms with E-state index in [1.54, 1.807) is 42.5 Å². The number of hydrazone groups is 1. The fourth-order valence-corrected chi connectivity index (χ4v) is 5.80. The average Bonchev–Trinajstić information content (AvgIpc) is 3.03. The van der Waals surface area contributed by atoms with E-state index in [0.717, 1.165) is 26.7 Å². The Labute approximate surface area is 248 Å². The Hall–Kier alpha value is -5.55. The van der Waals surface area contributed by atoms with Gasteiger partial charge in [0.1, 0.15) is 18.9 Å². The maximum Gasteiger partial charge on any atom is 0.271 e. The number of nitro groups is 1. The number of sulfonamides is 1. The number of amides is 1. The van der Waals surface area contributed by atoms with Crippen LogP contribution in [0.15, 0.2) is 131 Å². The van der Waals surface area contributed by atoms with Gasteiger partial charge in [-0.25, -0.2) is 13.8 Å². The molecule has 1 N–H and O–H groups in total. The molecule has 0 saturated carbocycles. The van der Waals surface area contributed by atoms with Gasteiger partial charge in [-0.1, -0.05) is 66.7 Å². The molecule has 0 radical (unpaired) electrons. The van der Waals surface area contributed by atoms with Crippen molar-refractivity contribution < 1.29 is 22.9 Å². The zero-order valence-electron chi connectivity index (χ0n) is 22.7. The van der Waals surface area contributed by atoms with Gasteiger partial charge in [0.25, 0.3) is 21.6 Å². The highest BCUT2D eigenvalue weighted by Gasteiger charge is 2.28. The highest BCUT2D eigenvalue weighted by Crippen LogP contribution is 2.27. The fourth-order valence-electron chi connectivity index (χ4n) is 4.37. The summed E-state index contributed by atoms with van der Waals surface area (Å²) in [6, 6.07) is 33.9. The Morgan fingerprint density at radius 2 is 1.58 bits per heavy atom. The molecule has 0 bridgehead atoms. The number of fused-ring (bicyclic) bond motifs is 1. The topological polar surface area (TPSA) is 131 Å². The van der Waals surface area contributed by atoms with Gasteiger partial charge in [-0.2, -0.15) is 5.10 Å². The maximum absolute atomic E-state index is 13.4. The molecular formula is C32H26N4O6S. The molecule has 5 rings (SSSR count). The van der Waals surface area contributed by atoms with Crippen molar-refractivity contribution in [2.45, 2.75) is 11.5 Å². The van der Waals surface area contributed by atoms with Crippen LogP contribution in [0.4, 0.5) is 11.4 Å². The van der Waals surface area contributed by atoms with Gasteiger partial charge in [0.05, 0.1) is 21.7 Å². The summed E-state index contributed by atoms with van der Waals surface area (Å²) in [5.41, 5.74) is 3.73. The molecule has 0 aliphatic heterocycles. The van der Waals surface area contributed by atoms with Crippen molar-refractivity contribution in [1.29, 1.82) is 0 Å². The minimum absolute atomic E-state index is 0.0312. The van der Waals surface area contributed by atoms with Crippen molar-refractivity contribution in [3.63, 3.8) is 0 Å². The summed E-state index contributed by atoms with van der Waals surface area (Å²) >= 11 is 0. The van der Waals surface area contributed by atoms with Crippen LogP contribution in [0.1, 0.15) is 11.1 Å². The standard InChI is InChI=1S/C32H26N4O6S/c37-32(22-35(27-11-7-12-28(20-27)36(38)39)43(40,41)30-13-2-1-3-14-30)34-33-21-24-16-18-29(19-17-24)42-23-26-10-6-9-25-8-4-5-15-31(25)26/h1-21H,22-23H2,(H,34,37). The number of hydrogen-bond donors (Lipinski definition) is 1. The number of carbonyl (C=O) groups is 1. The first-order valence-corrected chi connectivity index (χ1v) is 14.6. The molecule has 216 valence electrons. The highest BCUT2D eigenvalue weighted by atomic mass is 32.2. The maximum atomic E-state index is 13.4. The number of hydrogen-bond acceptors (Lipinski definition) is 7. The molecule has 0 unspecified atom stereocenters. The molecule has 0 fully saturated rings. The van der Waals surface area contributed by atoms with E-state index in [9.17, 15) is 23.3 Å². The average molecular weight is 595 g/mol. The van der Waals surface area contributed by atoms with Crippen molar-refractivity contribution in [3.05, 3.63) is 143 Å². The van der Waals surface area contributed by atoms with E-state index >= 15 is 0 Å². The third-order valence-corrected chi connectivity index (χ3v) is 8.29. The predicted octanol–water partition coefficient (Wildman–Crippen LogP) is 5.67. The number of carbonyl (C=O) groups excluding carboxylic acids is 1. The van der Waals surface area contributed by atoms with Crippen molar-refractivity contribution >= 4 is 44.3 Å². The van der Waals surface area contributed by atoms with Gasteiger partial charge in [0.15, 0.2) is 0 Å². The van der Waals surface area contributed by atoms with Gasteiger partial charge >= 0.3 is 0 Å². The summed E-state index contributed by atoms with van der Waals surface area (Å²) in [6.45, 7) is -0.255. The molecule has 5 aromatic carbocycles. The van der Waals surface area contributed by atoms with Gasteiger partial charge in [0, 0.05) is 12.1 Å². The van der Waals surface area contributed by atoms with E-state index < -0.39 is 27.4 Å². The summed E-state index contributed by atoms with van der Waals surface area (Å²) in [6.07, 6.45) is 1.41. The van der Waals surface area contributed by atoms with Crippen LogP contribution in [0.5, 0.6) is 5.75 Å². The number of benzene rings is 5. The van der Waals surface area contributed by atoms with Gasteiger partial charge < -0.3 is 4.74 Å². The van der Waals surface area contributed by atoms with Crippen molar-refractivity contribution in [2.75, 3.05) is 10.8 Å². The van der Waals surface area contributed by atoms with Crippen molar-refractivity contribution in [2.24, 2.45) is 5.10 Å². The third-order valence-electron chi connectivity index (χ3n) is 6.50. The lowest BCUT2D eigenvalue weighted by atomic mass is 10.1. The largest absolute Gasteiger partial charge is 0.489 e.